The van der Waals surface area contributed by atoms with Crippen molar-refractivity contribution in [1.82, 2.24) is 9.55 Å². The summed E-state index contributed by atoms with van der Waals surface area (Å²) in [5.41, 5.74) is -0.593. The first kappa shape index (κ1) is 15.2. The molecule has 0 radical (unpaired) electrons. The molecule has 7 nitrogen and oxygen atoms in total. The molecule has 1 aromatic rings. The lowest BCUT2D eigenvalue weighted by molar-refractivity contribution is -0.0460. The van der Waals surface area contributed by atoms with Crippen molar-refractivity contribution in [3.63, 3.8) is 0 Å². The number of nitrogens with one attached hydrogen (secondary N) is 1. The van der Waals surface area contributed by atoms with Gasteiger partial charge in [0.15, 0.2) is 0 Å². The van der Waals surface area contributed by atoms with Gasteiger partial charge in [0, 0.05) is 24.1 Å². The van der Waals surface area contributed by atoms with Gasteiger partial charge in [0.2, 0.25) is 0 Å². The molecule has 0 unspecified atom stereocenters. The van der Waals surface area contributed by atoms with Crippen molar-refractivity contribution in [2.45, 2.75) is 37.7 Å². The van der Waals surface area contributed by atoms with Gasteiger partial charge in [0.05, 0.1) is 12.7 Å². The molecular weight excluding hydrogens is 288 g/mol. The van der Waals surface area contributed by atoms with E-state index in [0.29, 0.717) is 24.3 Å². The number of aromatic nitrogens is 2. The van der Waals surface area contributed by atoms with Crippen molar-refractivity contribution < 1.29 is 14.9 Å². The predicted molar refractivity (Wildman–Crippen MR) is 72.0 cm³/mol. The standard InChI is InChI=1S/C12H17ClN2O5/c13-3-1-2-7-5-15(12(19)14-11(7)18)10-4-8(17)9(6-16)20-10/h5,8-10,16-17H,1-4,6H2,(H,14,18,19)/t8-,9+,10+/m0/s1. The summed E-state index contributed by atoms with van der Waals surface area (Å²) in [5.74, 6) is 0.420. The Morgan fingerprint density at radius 3 is 2.85 bits per heavy atom. The number of ether oxygens (including phenoxy) is 1. The molecule has 1 fully saturated rings. The zero-order valence-corrected chi connectivity index (χ0v) is 11.5. The fourth-order valence-electron chi connectivity index (χ4n) is 2.23. The molecule has 0 bridgehead atoms. The smallest absolute Gasteiger partial charge is 0.330 e. The highest BCUT2D eigenvalue weighted by molar-refractivity contribution is 6.17. The molecule has 112 valence electrons. The van der Waals surface area contributed by atoms with Crippen LogP contribution in [0, 0.1) is 0 Å². The molecule has 0 amide bonds. The van der Waals surface area contributed by atoms with Crippen LogP contribution >= 0.6 is 11.6 Å². The fourth-order valence-corrected chi connectivity index (χ4v) is 2.36. The minimum atomic E-state index is -0.838. The van der Waals surface area contributed by atoms with E-state index in [4.69, 9.17) is 21.4 Å². The summed E-state index contributed by atoms with van der Waals surface area (Å²) < 4.78 is 6.64. The molecule has 0 aliphatic carbocycles. The van der Waals surface area contributed by atoms with E-state index in [0.717, 1.165) is 0 Å². The van der Waals surface area contributed by atoms with Crippen molar-refractivity contribution in [1.29, 1.82) is 0 Å². The highest BCUT2D eigenvalue weighted by atomic mass is 35.5. The fraction of sp³-hybridized carbons (Fsp3) is 0.667. The van der Waals surface area contributed by atoms with Crippen LogP contribution in [0.3, 0.4) is 0 Å². The third-order valence-corrected chi connectivity index (χ3v) is 3.58. The van der Waals surface area contributed by atoms with Crippen molar-refractivity contribution >= 4 is 11.6 Å². The molecular formula is C12H17ClN2O5. The van der Waals surface area contributed by atoms with Gasteiger partial charge in [-0.05, 0) is 12.8 Å². The van der Waals surface area contributed by atoms with E-state index in [9.17, 15) is 14.7 Å². The zero-order chi connectivity index (χ0) is 14.7. The number of aliphatic hydroxyl groups excluding tert-OH is 2. The number of rotatable bonds is 5. The molecule has 3 atom stereocenters. The number of hydrogen-bond donors (Lipinski definition) is 3. The summed E-state index contributed by atoms with van der Waals surface area (Å²) in [4.78, 5) is 25.7. The van der Waals surface area contributed by atoms with E-state index < -0.39 is 29.7 Å². The molecule has 0 aromatic carbocycles. The molecule has 1 aliphatic heterocycles. The van der Waals surface area contributed by atoms with E-state index in [1.54, 1.807) is 0 Å². The lowest BCUT2D eigenvalue weighted by atomic mass is 10.2. The maximum atomic E-state index is 11.8. The summed E-state index contributed by atoms with van der Waals surface area (Å²) in [6.45, 7) is -0.325. The highest BCUT2D eigenvalue weighted by Gasteiger charge is 2.35. The number of aliphatic hydroxyl groups is 2. The second kappa shape index (κ2) is 6.53. The molecule has 2 heterocycles. The molecule has 3 N–H and O–H groups in total. The van der Waals surface area contributed by atoms with Crippen LogP contribution < -0.4 is 11.2 Å². The SMILES string of the molecule is O=c1[nH]c(=O)n([C@H]2C[C@H](O)[C@@H](CO)O2)cc1CCCCl. The Morgan fingerprint density at radius 1 is 1.50 bits per heavy atom. The molecule has 8 heteroatoms. The van der Waals surface area contributed by atoms with Crippen LogP contribution in [-0.2, 0) is 11.2 Å². The quantitative estimate of drug-likeness (QED) is 0.627. The van der Waals surface area contributed by atoms with Gasteiger partial charge < -0.3 is 14.9 Å². The zero-order valence-electron chi connectivity index (χ0n) is 10.8. The Balaban J connectivity index is 2.28. The van der Waals surface area contributed by atoms with E-state index in [1.165, 1.54) is 10.8 Å². The number of hydrogen-bond acceptors (Lipinski definition) is 5. The average molecular weight is 305 g/mol. The average Bonchev–Trinajstić information content (AvgIpc) is 2.79. The van der Waals surface area contributed by atoms with Gasteiger partial charge in [-0.15, -0.1) is 11.6 Å². The van der Waals surface area contributed by atoms with Crippen LogP contribution in [0.1, 0.15) is 24.6 Å². The molecule has 20 heavy (non-hydrogen) atoms. The summed E-state index contributed by atoms with van der Waals surface area (Å²) in [7, 11) is 0. The third-order valence-electron chi connectivity index (χ3n) is 3.32. The monoisotopic (exact) mass is 304 g/mol. The van der Waals surface area contributed by atoms with Gasteiger partial charge >= 0.3 is 5.69 Å². The predicted octanol–water partition coefficient (Wildman–Crippen LogP) is -0.651. The maximum absolute atomic E-state index is 11.8. The number of alkyl halides is 1. The maximum Gasteiger partial charge on any atom is 0.330 e. The molecule has 0 spiro atoms. The van der Waals surface area contributed by atoms with Gasteiger partial charge in [-0.25, -0.2) is 4.79 Å². The largest absolute Gasteiger partial charge is 0.394 e. The van der Waals surface area contributed by atoms with Crippen molar-refractivity contribution in [3.05, 3.63) is 32.6 Å². The Morgan fingerprint density at radius 2 is 2.25 bits per heavy atom. The number of halogens is 1. The molecule has 1 aromatic heterocycles. The highest BCUT2D eigenvalue weighted by Crippen LogP contribution is 2.27. The van der Waals surface area contributed by atoms with Crippen molar-refractivity contribution in [2.24, 2.45) is 0 Å². The molecule has 2 rings (SSSR count). The topological polar surface area (TPSA) is 105 Å². The number of H-pyrrole nitrogens is 1. The lowest BCUT2D eigenvalue weighted by Gasteiger charge is -2.15. The Labute approximate surface area is 119 Å². The Bertz CT molecular complexity index is 570. The third kappa shape index (κ3) is 3.12. The Hall–Kier alpha value is -1.15. The van der Waals surface area contributed by atoms with Gasteiger partial charge in [-0.1, -0.05) is 0 Å². The van der Waals surface area contributed by atoms with Crippen LogP contribution in [0.4, 0.5) is 0 Å². The van der Waals surface area contributed by atoms with E-state index >= 15 is 0 Å². The summed E-state index contributed by atoms with van der Waals surface area (Å²) in [6, 6.07) is 0. The number of aromatic amines is 1. The van der Waals surface area contributed by atoms with Gasteiger partial charge in [-0.3, -0.25) is 14.3 Å². The number of aryl methyl sites for hydroxylation is 1. The van der Waals surface area contributed by atoms with Gasteiger partial charge in [-0.2, -0.15) is 0 Å². The van der Waals surface area contributed by atoms with Gasteiger partial charge in [0.1, 0.15) is 12.3 Å². The van der Waals surface area contributed by atoms with E-state index in [2.05, 4.69) is 4.98 Å². The van der Waals surface area contributed by atoms with Gasteiger partial charge in [0.25, 0.3) is 5.56 Å². The minimum absolute atomic E-state index is 0.187. The van der Waals surface area contributed by atoms with Crippen LogP contribution in [0.2, 0.25) is 0 Å². The second-order valence-corrected chi connectivity index (χ2v) is 5.11. The Kier molecular flexibility index (Phi) is 4.98. The molecule has 1 saturated heterocycles. The second-order valence-electron chi connectivity index (χ2n) is 4.73. The van der Waals surface area contributed by atoms with Crippen molar-refractivity contribution in [2.75, 3.05) is 12.5 Å². The van der Waals surface area contributed by atoms with Crippen molar-refractivity contribution in [3.8, 4) is 0 Å². The molecule has 0 saturated carbocycles. The van der Waals surface area contributed by atoms with E-state index in [1.807, 2.05) is 0 Å². The summed E-state index contributed by atoms with van der Waals surface area (Å²) in [5, 5.41) is 18.7. The van der Waals surface area contributed by atoms with Crippen LogP contribution in [0.25, 0.3) is 0 Å². The summed E-state index contributed by atoms with van der Waals surface area (Å²) >= 11 is 5.59. The number of nitrogens with zero attached hydrogens (tertiary/aromatic N) is 1. The van der Waals surface area contributed by atoms with Crippen LogP contribution in [0.5, 0.6) is 0 Å². The minimum Gasteiger partial charge on any atom is -0.394 e. The van der Waals surface area contributed by atoms with Crippen LogP contribution in [-0.4, -0.2) is 44.5 Å². The van der Waals surface area contributed by atoms with Crippen LogP contribution in [0.15, 0.2) is 15.8 Å². The molecule has 1 aliphatic rings. The van der Waals surface area contributed by atoms with E-state index in [-0.39, 0.29) is 13.0 Å². The lowest BCUT2D eigenvalue weighted by Crippen LogP contribution is -2.34. The first-order valence-corrected chi connectivity index (χ1v) is 6.95. The first-order valence-electron chi connectivity index (χ1n) is 6.41. The normalized spacial score (nSPS) is 26.1. The summed E-state index contributed by atoms with van der Waals surface area (Å²) in [6.07, 6.45) is 0.451. The first-order chi connectivity index (χ1) is 9.56.